The van der Waals surface area contributed by atoms with Gasteiger partial charge >= 0.3 is 5.97 Å². The first-order chi connectivity index (χ1) is 11.4. The molecule has 1 rings (SSSR count). The van der Waals surface area contributed by atoms with Crippen molar-refractivity contribution in [3.05, 3.63) is 17.7 Å². The molecule has 0 aliphatic carbocycles. The van der Waals surface area contributed by atoms with E-state index >= 15 is 0 Å². The van der Waals surface area contributed by atoms with Crippen molar-refractivity contribution in [2.75, 3.05) is 35.0 Å². The van der Waals surface area contributed by atoms with E-state index in [2.05, 4.69) is 5.32 Å². The Bertz CT molecular complexity index is 559. The molecule has 24 heavy (non-hydrogen) atoms. The lowest BCUT2D eigenvalue weighted by atomic mass is 10.0. The molecule has 1 aromatic rings. The van der Waals surface area contributed by atoms with Gasteiger partial charge in [0.05, 0.1) is 35.0 Å². The van der Waals surface area contributed by atoms with Gasteiger partial charge in [-0.15, -0.1) is 0 Å². The van der Waals surface area contributed by atoms with E-state index < -0.39 is 12.0 Å². The number of hydrogen-bond donors (Lipinski definition) is 1. The number of rotatable bonds is 9. The molecule has 0 aromatic heterocycles. The highest BCUT2D eigenvalue weighted by Gasteiger charge is 2.24. The van der Waals surface area contributed by atoms with Crippen LogP contribution >= 0.6 is 0 Å². The summed E-state index contributed by atoms with van der Waals surface area (Å²) in [4.78, 5) is 24.2. The lowest BCUT2D eigenvalue weighted by Crippen LogP contribution is -2.44. The quantitative estimate of drug-likeness (QED) is 0.541. The summed E-state index contributed by atoms with van der Waals surface area (Å²) in [5.41, 5.74) is 0.393. The Balaban J connectivity index is 2.97. The van der Waals surface area contributed by atoms with Crippen molar-refractivity contribution >= 4 is 11.8 Å². The SMILES string of the molecule is COC(=O)C(NCC(=O)c1cc(OC)c(OC)c(OC)c1)C(C)C. The van der Waals surface area contributed by atoms with Gasteiger partial charge in [0, 0.05) is 5.56 Å². The number of benzene rings is 1. The Labute approximate surface area is 142 Å². The fraction of sp³-hybridized carbons (Fsp3) is 0.529. The van der Waals surface area contributed by atoms with Crippen LogP contribution in [0.5, 0.6) is 17.2 Å². The van der Waals surface area contributed by atoms with Gasteiger partial charge in [-0.1, -0.05) is 13.8 Å². The number of esters is 1. The molecule has 1 unspecified atom stereocenters. The summed E-state index contributed by atoms with van der Waals surface area (Å²) in [6, 6.07) is 2.60. The molecule has 0 saturated carbocycles. The van der Waals surface area contributed by atoms with E-state index in [1.165, 1.54) is 28.4 Å². The molecule has 1 N–H and O–H groups in total. The van der Waals surface area contributed by atoms with Crippen molar-refractivity contribution in [2.24, 2.45) is 5.92 Å². The molecule has 0 fully saturated rings. The molecule has 0 amide bonds. The Hall–Kier alpha value is -2.28. The minimum Gasteiger partial charge on any atom is -0.493 e. The van der Waals surface area contributed by atoms with E-state index in [1.807, 2.05) is 13.8 Å². The number of ether oxygens (including phenoxy) is 4. The largest absolute Gasteiger partial charge is 0.493 e. The molecular weight excluding hydrogens is 314 g/mol. The Morgan fingerprint density at radius 3 is 1.92 bits per heavy atom. The highest BCUT2D eigenvalue weighted by molar-refractivity contribution is 5.99. The second-order valence-electron chi connectivity index (χ2n) is 5.46. The average molecular weight is 339 g/mol. The van der Waals surface area contributed by atoms with Crippen LogP contribution in [0.15, 0.2) is 12.1 Å². The molecule has 7 heteroatoms. The fourth-order valence-electron chi connectivity index (χ4n) is 2.26. The van der Waals surface area contributed by atoms with Crippen LogP contribution in [0.25, 0.3) is 0 Å². The summed E-state index contributed by atoms with van der Waals surface area (Å²) in [5, 5.41) is 2.93. The first-order valence-corrected chi connectivity index (χ1v) is 7.53. The zero-order valence-corrected chi connectivity index (χ0v) is 15.0. The van der Waals surface area contributed by atoms with E-state index in [4.69, 9.17) is 18.9 Å². The van der Waals surface area contributed by atoms with Gasteiger partial charge in [0.15, 0.2) is 17.3 Å². The third kappa shape index (κ3) is 4.61. The van der Waals surface area contributed by atoms with Gasteiger partial charge in [-0.3, -0.25) is 14.9 Å². The Morgan fingerprint density at radius 2 is 1.54 bits per heavy atom. The fourth-order valence-corrected chi connectivity index (χ4v) is 2.26. The third-order valence-corrected chi connectivity index (χ3v) is 3.59. The number of Topliss-reactive ketones (excluding diaryl/α,β-unsaturated/α-hetero) is 1. The molecule has 0 aliphatic rings. The van der Waals surface area contributed by atoms with Crippen LogP contribution in [0.3, 0.4) is 0 Å². The minimum atomic E-state index is -0.555. The van der Waals surface area contributed by atoms with Crippen LogP contribution in [-0.4, -0.2) is 52.8 Å². The number of carbonyl (C=O) groups is 2. The molecule has 0 spiro atoms. The van der Waals surface area contributed by atoms with Crippen molar-refractivity contribution in [3.63, 3.8) is 0 Å². The number of nitrogens with one attached hydrogen (secondary N) is 1. The van der Waals surface area contributed by atoms with Gasteiger partial charge in [0.25, 0.3) is 0 Å². The maximum Gasteiger partial charge on any atom is 0.323 e. The molecule has 0 radical (unpaired) electrons. The molecular formula is C17H25NO6. The summed E-state index contributed by atoms with van der Waals surface area (Å²) in [7, 11) is 5.78. The Kier molecular flexibility index (Phi) is 7.51. The zero-order valence-electron chi connectivity index (χ0n) is 15.0. The molecule has 0 heterocycles. The molecule has 1 aromatic carbocycles. The van der Waals surface area contributed by atoms with E-state index in [0.29, 0.717) is 22.8 Å². The van der Waals surface area contributed by atoms with Crippen LogP contribution in [0.2, 0.25) is 0 Å². The average Bonchev–Trinajstić information content (AvgIpc) is 2.59. The maximum absolute atomic E-state index is 12.5. The summed E-state index contributed by atoms with van der Waals surface area (Å²) in [6.45, 7) is 3.73. The van der Waals surface area contributed by atoms with Gasteiger partial charge in [0.1, 0.15) is 6.04 Å². The van der Waals surface area contributed by atoms with Crippen LogP contribution in [0.4, 0.5) is 0 Å². The van der Waals surface area contributed by atoms with Gasteiger partial charge in [-0.25, -0.2) is 0 Å². The number of hydrogen-bond acceptors (Lipinski definition) is 7. The van der Waals surface area contributed by atoms with Crippen molar-refractivity contribution in [2.45, 2.75) is 19.9 Å². The molecule has 0 bridgehead atoms. The van der Waals surface area contributed by atoms with Crippen LogP contribution in [-0.2, 0) is 9.53 Å². The van der Waals surface area contributed by atoms with E-state index in [9.17, 15) is 9.59 Å². The van der Waals surface area contributed by atoms with Gasteiger partial charge in [-0.2, -0.15) is 0 Å². The molecule has 1 atom stereocenters. The van der Waals surface area contributed by atoms with Crippen molar-refractivity contribution in [1.82, 2.24) is 5.32 Å². The lowest BCUT2D eigenvalue weighted by molar-refractivity contribution is -0.144. The predicted molar refractivity (Wildman–Crippen MR) is 89.1 cm³/mol. The monoisotopic (exact) mass is 339 g/mol. The maximum atomic E-state index is 12.5. The number of carbonyl (C=O) groups excluding carboxylic acids is 2. The number of ketones is 1. The normalized spacial score (nSPS) is 11.8. The molecule has 134 valence electrons. The third-order valence-electron chi connectivity index (χ3n) is 3.59. The second kappa shape index (κ2) is 9.12. The van der Waals surface area contributed by atoms with E-state index in [0.717, 1.165) is 0 Å². The zero-order chi connectivity index (χ0) is 18.3. The second-order valence-corrected chi connectivity index (χ2v) is 5.46. The Morgan fingerprint density at radius 1 is 1.00 bits per heavy atom. The summed E-state index contributed by atoms with van der Waals surface area (Å²) < 4.78 is 20.5. The molecule has 0 saturated heterocycles. The summed E-state index contributed by atoms with van der Waals surface area (Å²) in [6.07, 6.45) is 0. The molecule has 7 nitrogen and oxygen atoms in total. The van der Waals surface area contributed by atoms with E-state index in [1.54, 1.807) is 12.1 Å². The standard InChI is InChI=1S/C17H25NO6/c1-10(2)15(17(20)24-6)18-9-12(19)11-7-13(21-3)16(23-5)14(8-11)22-4/h7-8,10,15,18H,9H2,1-6H3. The predicted octanol–water partition coefficient (Wildman–Crippen LogP) is 1.68. The first kappa shape index (κ1) is 19.8. The minimum absolute atomic E-state index is 0.00908. The van der Waals surface area contributed by atoms with Crippen molar-refractivity contribution in [3.8, 4) is 17.2 Å². The van der Waals surface area contributed by atoms with Gasteiger partial charge in [-0.05, 0) is 18.1 Å². The van der Waals surface area contributed by atoms with Gasteiger partial charge in [0.2, 0.25) is 5.75 Å². The van der Waals surface area contributed by atoms with E-state index in [-0.39, 0.29) is 18.2 Å². The first-order valence-electron chi connectivity index (χ1n) is 7.53. The smallest absolute Gasteiger partial charge is 0.323 e. The van der Waals surface area contributed by atoms with Crippen LogP contribution in [0, 0.1) is 5.92 Å². The van der Waals surface area contributed by atoms with Crippen molar-refractivity contribution < 1.29 is 28.5 Å². The summed E-state index contributed by atoms with van der Waals surface area (Å²) >= 11 is 0. The topological polar surface area (TPSA) is 83.1 Å². The molecule has 0 aliphatic heterocycles. The van der Waals surface area contributed by atoms with Gasteiger partial charge < -0.3 is 18.9 Å². The highest BCUT2D eigenvalue weighted by Crippen LogP contribution is 2.38. The van der Waals surface area contributed by atoms with Crippen LogP contribution in [0.1, 0.15) is 24.2 Å². The lowest BCUT2D eigenvalue weighted by Gasteiger charge is -2.19. The van der Waals surface area contributed by atoms with Crippen molar-refractivity contribution in [1.29, 1.82) is 0 Å². The number of methoxy groups -OCH3 is 4. The highest BCUT2D eigenvalue weighted by atomic mass is 16.5. The summed E-state index contributed by atoms with van der Waals surface area (Å²) in [5.74, 6) is 0.595. The van der Waals surface area contributed by atoms with Crippen LogP contribution < -0.4 is 19.5 Å².